The second-order valence-corrected chi connectivity index (χ2v) is 5.06. The van der Waals surface area contributed by atoms with Crippen LogP contribution in [0.3, 0.4) is 0 Å². The van der Waals surface area contributed by atoms with Crippen LogP contribution in [-0.4, -0.2) is 19.1 Å². The van der Waals surface area contributed by atoms with Gasteiger partial charge in [0.05, 0.1) is 12.9 Å². The average molecular weight is 325 g/mol. The maximum atomic E-state index is 13.3. The van der Waals surface area contributed by atoms with Crippen molar-refractivity contribution in [2.45, 2.75) is 20.0 Å². The lowest BCUT2D eigenvalue weighted by atomic mass is 10.2. The van der Waals surface area contributed by atoms with Gasteiger partial charge >= 0.3 is 0 Å². The van der Waals surface area contributed by atoms with E-state index in [1.54, 1.807) is 11.5 Å². The zero-order valence-corrected chi connectivity index (χ0v) is 12.3. The minimum atomic E-state index is -0.929. The van der Waals surface area contributed by atoms with Crippen LogP contribution in [0.1, 0.15) is 12.5 Å². The van der Waals surface area contributed by atoms with E-state index in [1.165, 1.54) is 17.0 Å². The molecular weight excluding hydrogens is 314 g/mol. The summed E-state index contributed by atoms with van der Waals surface area (Å²) >= 11 is 5.99. The number of nitrogens with zero attached hydrogens (tertiary/aromatic N) is 4. The van der Waals surface area contributed by atoms with Crippen molar-refractivity contribution in [1.82, 2.24) is 19.1 Å². The summed E-state index contributed by atoms with van der Waals surface area (Å²) in [7, 11) is 0. The highest BCUT2D eigenvalue weighted by Gasteiger charge is 2.14. The fourth-order valence-corrected chi connectivity index (χ4v) is 2.50. The van der Waals surface area contributed by atoms with Crippen molar-refractivity contribution in [1.29, 1.82) is 0 Å². The first-order chi connectivity index (χ1) is 10.5. The van der Waals surface area contributed by atoms with Crippen molar-refractivity contribution in [3.8, 4) is 0 Å². The van der Waals surface area contributed by atoms with Crippen LogP contribution in [0.4, 0.5) is 8.78 Å². The Bertz CT molecular complexity index is 919. The van der Waals surface area contributed by atoms with Crippen molar-refractivity contribution in [2.24, 2.45) is 0 Å². The maximum absolute atomic E-state index is 13.3. The molecule has 0 unspecified atom stereocenters. The first-order valence-electron chi connectivity index (χ1n) is 6.56. The Morgan fingerprint density at radius 1 is 1.27 bits per heavy atom. The maximum Gasteiger partial charge on any atom is 0.282 e. The van der Waals surface area contributed by atoms with E-state index >= 15 is 0 Å². The van der Waals surface area contributed by atoms with Gasteiger partial charge in [0.1, 0.15) is 0 Å². The molecule has 2 heterocycles. The van der Waals surface area contributed by atoms with Gasteiger partial charge in [0.25, 0.3) is 5.56 Å². The topological polar surface area (TPSA) is 52.7 Å². The number of fused-ring (bicyclic) bond motifs is 1. The molecule has 0 saturated heterocycles. The molecule has 0 bridgehead atoms. The Kier molecular flexibility index (Phi) is 3.66. The van der Waals surface area contributed by atoms with Gasteiger partial charge < -0.3 is 4.57 Å². The molecule has 0 radical (unpaired) electrons. The van der Waals surface area contributed by atoms with Crippen LogP contribution < -0.4 is 5.56 Å². The van der Waals surface area contributed by atoms with Gasteiger partial charge in [-0.1, -0.05) is 6.07 Å². The van der Waals surface area contributed by atoms with Crippen LogP contribution in [0.2, 0.25) is 5.28 Å². The molecule has 3 aromatic rings. The summed E-state index contributed by atoms with van der Waals surface area (Å²) in [5.41, 5.74) is 0.690. The predicted molar refractivity (Wildman–Crippen MR) is 77.9 cm³/mol. The second kappa shape index (κ2) is 5.49. The lowest BCUT2D eigenvalue weighted by molar-refractivity contribution is 0.506. The van der Waals surface area contributed by atoms with Gasteiger partial charge in [0.15, 0.2) is 22.8 Å². The van der Waals surface area contributed by atoms with Crippen LogP contribution in [0.25, 0.3) is 11.2 Å². The molecule has 5 nitrogen and oxygen atoms in total. The molecule has 0 spiro atoms. The van der Waals surface area contributed by atoms with E-state index in [0.717, 1.165) is 12.1 Å². The molecule has 3 rings (SSSR count). The molecule has 0 fully saturated rings. The van der Waals surface area contributed by atoms with Crippen molar-refractivity contribution in [3.63, 3.8) is 0 Å². The molecule has 0 N–H and O–H groups in total. The third kappa shape index (κ3) is 2.37. The molecule has 0 amide bonds. The lowest BCUT2D eigenvalue weighted by Gasteiger charge is -2.07. The summed E-state index contributed by atoms with van der Waals surface area (Å²) in [5, 5.41) is 0.0621. The van der Waals surface area contributed by atoms with Crippen LogP contribution in [0, 0.1) is 11.6 Å². The standard InChI is InChI=1S/C14H11ClF2N4O/c1-2-21-13(22)11-12(19-14(21)15)20(7-18-11)6-8-3-4-9(16)10(17)5-8/h3-5,7H,2,6H2,1H3. The zero-order chi connectivity index (χ0) is 15.9. The molecule has 0 atom stereocenters. The number of hydrogen-bond acceptors (Lipinski definition) is 3. The van der Waals surface area contributed by atoms with Gasteiger partial charge in [-0.25, -0.2) is 13.8 Å². The highest BCUT2D eigenvalue weighted by molar-refractivity contribution is 6.28. The van der Waals surface area contributed by atoms with Gasteiger partial charge in [0.2, 0.25) is 5.28 Å². The summed E-state index contributed by atoms with van der Waals surface area (Å²) < 4.78 is 29.1. The molecule has 8 heteroatoms. The fraction of sp³-hybridized carbons (Fsp3) is 0.214. The van der Waals surface area contributed by atoms with Crippen LogP contribution in [0.5, 0.6) is 0 Å². The quantitative estimate of drug-likeness (QED) is 0.696. The number of benzene rings is 1. The Labute approximate surface area is 128 Å². The Morgan fingerprint density at radius 2 is 2.05 bits per heavy atom. The number of halogens is 3. The van der Waals surface area contributed by atoms with Crippen molar-refractivity contribution < 1.29 is 8.78 Å². The van der Waals surface area contributed by atoms with E-state index in [2.05, 4.69) is 9.97 Å². The van der Waals surface area contributed by atoms with E-state index in [9.17, 15) is 13.6 Å². The first-order valence-corrected chi connectivity index (χ1v) is 6.94. The Hall–Kier alpha value is -2.28. The molecule has 0 saturated carbocycles. The minimum Gasteiger partial charge on any atom is -0.311 e. The third-order valence-electron chi connectivity index (χ3n) is 3.33. The number of imidazole rings is 1. The summed E-state index contributed by atoms with van der Waals surface area (Å²) in [6, 6.07) is 3.60. The molecule has 0 aliphatic rings. The van der Waals surface area contributed by atoms with Crippen molar-refractivity contribution in [2.75, 3.05) is 0 Å². The van der Waals surface area contributed by atoms with Gasteiger partial charge in [0, 0.05) is 6.54 Å². The monoisotopic (exact) mass is 324 g/mol. The van der Waals surface area contributed by atoms with Crippen LogP contribution in [0.15, 0.2) is 29.3 Å². The summed E-state index contributed by atoms with van der Waals surface area (Å²) in [5.74, 6) is -1.84. The van der Waals surface area contributed by atoms with Gasteiger partial charge in [-0.05, 0) is 36.2 Å². The molecule has 0 aliphatic heterocycles. The van der Waals surface area contributed by atoms with E-state index < -0.39 is 11.6 Å². The second-order valence-electron chi connectivity index (χ2n) is 4.72. The Morgan fingerprint density at radius 3 is 2.73 bits per heavy atom. The summed E-state index contributed by atoms with van der Waals surface area (Å²) in [6.07, 6.45) is 1.43. The molecule has 1 aromatic carbocycles. The smallest absolute Gasteiger partial charge is 0.282 e. The first kappa shape index (κ1) is 14.6. The predicted octanol–water partition coefficient (Wildman–Crippen LogP) is 2.59. The summed E-state index contributed by atoms with van der Waals surface area (Å²) in [6.45, 7) is 2.36. The Balaban J connectivity index is 2.08. The van der Waals surface area contributed by atoms with Gasteiger partial charge in [-0.2, -0.15) is 4.98 Å². The minimum absolute atomic E-state index is 0.0621. The highest BCUT2D eigenvalue weighted by Crippen LogP contribution is 2.15. The van der Waals surface area contributed by atoms with E-state index in [4.69, 9.17) is 11.6 Å². The van der Waals surface area contributed by atoms with Crippen molar-refractivity contribution >= 4 is 22.8 Å². The summed E-state index contributed by atoms with van der Waals surface area (Å²) in [4.78, 5) is 20.4. The average Bonchev–Trinajstić information content (AvgIpc) is 2.86. The SMILES string of the molecule is CCn1c(Cl)nc2c(ncn2Cc2ccc(F)c(F)c2)c1=O. The van der Waals surface area contributed by atoms with Gasteiger partial charge in [-0.3, -0.25) is 9.36 Å². The lowest BCUT2D eigenvalue weighted by Crippen LogP contribution is -2.21. The number of rotatable bonds is 3. The van der Waals surface area contributed by atoms with Crippen molar-refractivity contribution in [3.05, 3.63) is 57.4 Å². The highest BCUT2D eigenvalue weighted by atomic mass is 35.5. The molecular formula is C14H11ClF2N4O. The van der Waals surface area contributed by atoms with E-state index in [1.807, 2.05) is 0 Å². The van der Waals surface area contributed by atoms with Gasteiger partial charge in [-0.15, -0.1) is 0 Å². The van der Waals surface area contributed by atoms with Crippen LogP contribution in [-0.2, 0) is 13.1 Å². The molecule has 0 aliphatic carbocycles. The molecule has 114 valence electrons. The third-order valence-corrected chi connectivity index (χ3v) is 3.62. The van der Waals surface area contributed by atoms with Crippen LogP contribution >= 0.6 is 11.6 Å². The molecule has 22 heavy (non-hydrogen) atoms. The molecule has 2 aromatic heterocycles. The fourth-order valence-electron chi connectivity index (χ4n) is 2.23. The van der Waals surface area contributed by atoms with E-state index in [0.29, 0.717) is 17.8 Å². The normalized spacial score (nSPS) is 11.3. The number of hydrogen-bond donors (Lipinski definition) is 0. The largest absolute Gasteiger partial charge is 0.311 e. The number of aromatic nitrogens is 4. The van der Waals surface area contributed by atoms with E-state index in [-0.39, 0.29) is 22.9 Å². The zero-order valence-electron chi connectivity index (χ0n) is 11.6.